The Kier molecular flexibility index (Phi) is 7.81. The number of ether oxygens (including phenoxy) is 2. The average molecular weight is 455 g/mol. The summed E-state index contributed by atoms with van der Waals surface area (Å²) in [6.07, 6.45) is 1.46. The Balaban J connectivity index is 1.53. The number of aryl methyl sites for hydroxylation is 1. The molecule has 3 aromatic rings. The molecule has 166 valence electrons. The van der Waals surface area contributed by atoms with Crippen molar-refractivity contribution < 1.29 is 14.3 Å². The first-order chi connectivity index (χ1) is 15.4. The molecule has 11 heteroatoms. The molecule has 0 aliphatic rings. The van der Waals surface area contributed by atoms with Gasteiger partial charge in [-0.1, -0.05) is 41.6 Å². The molecule has 0 radical (unpaired) electrons. The summed E-state index contributed by atoms with van der Waals surface area (Å²) in [5.41, 5.74) is 3.91. The summed E-state index contributed by atoms with van der Waals surface area (Å²) in [6.45, 7) is 2.44. The number of hydrogen-bond donors (Lipinski definition) is 3. The van der Waals surface area contributed by atoms with Gasteiger partial charge in [-0.2, -0.15) is 10.2 Å². The van der Waals surface area contributed by atoms with Gasteiger partial charge in [0.1, 0.15) is 6.61 Å². The Morgan fingerprint density at radius 3 is 2.69 bits per heavy atom. The summed E-state index contributed by atoms with van der Waals surface area (Å²) >= 11 is 0.875. The fraction of sp³-hybridized carbons (Fsp3) is 0.190. The number of benzene rings is 2. The number of nitrogens with zero attached hydrogens (tertiary/aromatic N) is 2. The molecule has 0 saturated carbocycles. The van der Waals surface area contributed by atoms with Crippen LogP contribution in [0.5, 0.6) is 11.5 Å². The van der Waals surface area contributed by atoms with Gasteiger partial charge in [0.05, 0.1) is 19.1 Å². The van der Waals surface area contributed by atoms with Gasteiger partial charge in [0.25, 0.3) is 5.56 Å². The third-order valence-corrected chi connectivity index (χ3v) is 5.08. The molecule has 0 aliphatic heterocycles. The number of aromatic nitrogens is 3. The Bertz CT molecular complexity index is 1220. The molecule has 3 rings (SSSR count). The van der Waals surface area contributed by atoms with Gasteiger partial charge in [-0.3, -0.25) is 14.6 Å². The number of H-pyrrole nitrogens is 2. The average Bonchev–Trinajstić information content (AvgIpc) is 2.78. The highest BCUT2D eigenvalue weighted by Crippen LogP contribution is 2.28. The van der Waals surface area contributed by atoms with Gasteiger partial charge in [0.15, 0.2) is 16.5 Å². The number of carbonyl (C=O) groups excluding carboxylic acids is 1. The maximum Gasteiger partial charge on any atom is 0.342 e. The zero-order valence-corrected chi connectivity index (χ0v) is 18.2. The van der Waals surface area contributed by atoms with Gasteiger partial charge in [-0.15, -0.1) is 0 Å². The van der Waals surface area contributed by atoms with Crippen LogP contribution in [0, 0.1) is 6.92 Å². The summed E-state index contributed by atoms with van der Waals surface area (Å²) in [7, 11) is 1.54. The predicted molar refractivity (Wildman–Crippen MR) is 120 cm³/mol. The van der Waals surface area contributed by atoms with Crippen LogP contribution in [-0.2, 0) is 11.4 Å². The number of nitrogens with one attached hydrogen (secondary N) is 3. The Hall–Kier alpha value is -3.86. The van der Waals surface area contributed by atoms with E-state index in [1.807, 2.05) is 36.2 Å². The number of thioether (sulfide) groups is 1. The number of aromatic amines is 2. The van der Waals surface area contributed by atoms with E-state index in [1.165, 1.54) is 11.8 Å². The molecule has 1 amide bonds. The van der Waals surface area contributed by atoms with Crippen LogP contribution < -0.4 is 26.1 Å². The van der Waals surface area contributed by atoms with E-state index in [0.29, 0.717) is 23.7 Å². The normalized spacial score (nSPS) is 10.8. The summed E-state index contributed by atoms with van der Waals surface area (Å²) in [5, 5.41) is 9.56. The number of carbonyl (C=O) groups is 1. The van der Waals surface area contributed by atoms with Gasteiger partial charge in [0, 0.05) is 0 Å². The molecule has 0 fully saturated rings. The number of rotatable bonds is 9. The predicted octanol–water partition coefficient (Wildman–Crippen LogP) is 1.60. The lowest BCUT2D eigenvalue weighted by molar-refractivity contribution is -0.118. The number of hydrogen-bond acceptors (Lipinski definition) is 8. The minimum Gasteiger partial charge on any atom is -0.493 e. The monoisotopic (exact) mass is 455 g/mol. The minimum atomic E-state index is -0.713. The summed E-state index contributed by atoms with van der Waals surface area (Å²) in [5.74, 6) is 0.577. The van der Waals surface area contributed by atoms with Crippen LogP contribution in [0.2, 0.25) is 0 Å². The van der Waals surface area contributed by atoms with Crippen molar-refractivity contribution >= 4 is 23.9 Å². The zero-order chi connectivity index (χ0) is 22.9. The third kappa shape index (κ3) is 6.57. The Morgan fingerprint density at radius 1 is 1.19 bits per heavy atom. The number of hydrazone groups is 1. The van der Waals surface area contributed by atoms with Crippen LogP contribution in [0.25, 0.3) is 0 Å². The van der Waals surface area contributed by atoms with E-state index in [0.717, 1.165) is 17.3 Å². The van der Waals surface area contributed by atoms with Crippen LogP contribution in [0.4, 0.5) is 0 Å². The molecular weight excluding hydrogens is 434 g/mol. The maximum absolute atomic E-state index is 11.9. The van der Waals surface area contributed by atoms with Gasteiger partial charge in [-0.25, -0.2) is 15.3 Å². The first kappa shape index (κ1) is 22.8. The molecule has 1 aromatic heterocycles. The van der Waals surface area contributed by atoms with E-state index in [2.05, 4.69) is 20.7 Å². The van der Waals surface area contributed by atoms with Crippen molar-refractivity contribution in [3.05, 3.63) is 80.0 Å². The maximum atomic E-state index is 11.9. The number of amides is 1. The van der Waals surface area contributed by atoms with Crippen molar-refractivity contribution in [1.82, 2.24) is 20.6 Å². The molecule has 1 heterocycles. The molecule has 3 N–H and O–H groups in total. The first-order valence-electron chi connectivity index (χ1n) is 9.44. The van der Waals surface area contributed by atoms with Gasteiger partial charge in [0.2, 0.25) is 5.91 Å². The zero-order valence-electron chi connectivity index (χ0n) is 17.4. The summed E-state index contributed by atoms with van der Waals surface area (Å²) in [6, 6.07) is 13.3. The van der Waals surface area contributed by atoms with Crippen molar-refractivity contribution in [3.8, 4) is 11.5 Å². The van der Waals surface area contributed by atoms with Crippen molar-refractivity contribution in [2.75, 3.05) is 12.9 Å². The topological polar surface area (TPSA) is 139 Å². The van der Waals surface area contributed by atoms with Gasteiger partial charge in [-0.05, 0) is 36.2 Å². The molecule has 2 aromatic carbocycles. The second kappa shape index (κ2) is 11.0. The lowest BCUT2D eigenvalue weighted by Gasteiger charge is -2.11. The smallest absolute Gasteiger partial charge is 0.342 e. The fourth-order valence-corrected chi connectivity index (χ4v) is 3.13. The standard InChI is InChI=1S/C21H21N5O5S/c1-13-3-5-14(6-4-13)11-31-16-8-7-15(9-17(16)30-2)10-22-24-18(27)12-32-20-19(28)23-21(29)26-25-20/h3-10H,11-12H2,1-2H3,(H,24,27)(H2,23,26,28,29)/b22-10+. The lowest BCUT2D eigenvalue weighted by atomic mass is 10.2. The highest BCUT2D eigenvalue weighted by molar-refractivity contribution is 7.99. The largest absolute Gasteiger partial charge is 0.493 e. The van der Waals surface area contributed by atoms with Crippen LogP contribution in [-0.4, -0.2) is 40.2 Å². The van der Waals surface area contributed by atoms with Crippen LogP contribution in [0.3, 0.4) is 0 Å². The van der Waals surface area contributed by atoms with E-state index in [4.69, 9.17) is 9.47 Å². The van der Waals surface area contributed by atoms with Crippen LogP contribution in [0.1, 0.15) is 16.7 Å². The van der Waals surface area contributed by atoms with Crippen LogP contribution in [0.15, 0.2) is 62.2 Å². The van der Waals surface area contributed by atoms with E-state index in [9.17, 15) is 14.4 Å². The molecule has 0 saturated heterocycles. The Labute approximate surface area is 187 Å². The molecular formula is C21H21N5O5S. The van der Waals surface area contributed by atoms with E-state index < -0.39 is 17.2 Å². The molecule has 10 nitrogen and oxygen atoms in total. The minimum absolute atomic E-state index is 0.0188. The van der Waals surface area contributed by atoms with E-state index in [1.54, 1.807) is 25.3 Å². The fourth-order valence-electron chi connectivity index (χ4n) is 2.51. The van der Waals surface area contributed by atoms with Crippen molar-refractivity contribution in [1.29, 1.82) is 0 Å². The van der Waals surface area contributed by atoms with Gasteiger partial charge >= 0.3 is 5.69 Å². The SMILES string of the molecule is COc1cc(/C=N/NC(=O)CSc2n[nH]c(=O)[nH]c2=O)ccc1OCc1ccc(C)cc1. The van der Waals surface area contributed by atoms with Crippen LogP contribution >= 0.6 is 11.8 Å². The third-order valence-electron chi connectivity index (χ3n) is 4.13. The van der Waals surface area contributed by atoms with Gasteiger partial charge < -0.3 is 9.47 Å². The highest BCUT2D eigenvalue weighted by atomic mass is 32.2. The molecule has 0 atom stereocenters. The molecule has 0 spiro atoms. The Morgan fingerprint density at radius 2 is 1.97 bits per heavy atom. The molecule has 0 unspecified atom stereocenters. The first-order valence-corrected chi connectivity index (χ1v) is 10.4. The van der Waals surface area contributed by atoms with E-state index >= 15 is 0 Å². The van der Waals surface area contributed by atoms with E-state index in [-0.39, 0.29) is 10.8 Å². The summed E-state index contributed by atoms with van der Waals surface area (Å²) in [4.78, 5) is 36.4. The van der Waals surface area contributed by atoms with Crippen molar-refractivity contribution in [2.45, 2.75) is 18.6 Å². The second-order valence-electron chi connectivity index (χ2n) is 6.58. The molecule has 0 bridgehead atoms. The van der Waals surface area contributed by atoms with Crippen molar-refractivity contribution in [3.63, 3.8) is 0 Å². The quantitative estimate of drug-likeness (QED) is 0.253. The molecule has 32 heavy (non-hydrogen) atoms. The summed E-state index contributed by atoms with van der Waals surface area (Å²) < 4.78 is 11.2. The highest BCUT2D eigenvalue weighted by Gasteiger charge is 2.08. The second-order valence-corrected chi connectivity index (χ2v) is 7.54. The molecule has 0 aliphatic carbocycles. The lowest BCUT2D eigenvalue weighted by Crippen LogP contribution is -2.26. The number of methoxy groups -OCH3 is 1. The van der Waals surface area contributed by atoms with Crippen molar-refractivity contribution in [2.24, 2.45) is 5.10 Å².